The monoisotopic (exact) mass is 361 g/mol. The Hall–Kier alpha value is -3.21. The van der Waals surface area contributed by atoms with Crippen molar-refractivity contribution >= 4 is 22.2 Å². The lowest BCUT2D eigenvalue weighted by Crippen LogP contribution is -1.98. The van der Waals surface area contributed by atoms with Crippen LogP contribution in [-0.2, 0) is 4.74 Å². The molecule has 0 aliphatic carbocycles. The van der Waals surface area contributed by atoms with Crippen molar-refractivity contribution in [2.75, 3.05) is 14.2 Å². The van der Waals surface area contributed by atoms with Gasteiger partial charge in [0.05, 0.1) is 19.9 Å². The summed E-state index contributed by atoms with van der Waals surface area (Å²) in [5.74, 6) is 1.54. The Morgan fingerprint density at radius 2 is 1.81 bits per heavy atom. The highest BCUT2D eigenvalue weighted by Gasteiger charge is 2.24. The molecule has 3 aromatic rings. The molecule has 0 saturated heterocycles. The van der Waals surface area contributed by atoms with Crippen molar-refractivity contribution in [3.63, 3.8) is 0 Å². The molecule has 0 atom stereocenters. The summed E-state index contributed by atoms with van der Waals surface area (Å²) in [4.78, 5) is 11.7. The third kappa shape index (κ3) is 2.76. The minimum Gasteiger partial charge on any atom is -0.494 e. The topological polar surface area (TPSA) is 62.4 Å². The lowest BCUT2D eigenvalue weighted by Gasteiger charge is -2.07. The van der Waals surface area contributed by atoms with E-state index in [2.05, 4.69) is 36.8 Å². The molecule has 0 fully saturated rings. The summed E-state index contributed by atoms with van der Waals surface area (Å²) in [7, 11) is 3.36. The second-order valence-electron chi connectivity index (χ2n) is 6.77. The number of methoxy groups -OCH3 is 2. The van der Waals surface area contributed by atoms with Crippen molar-refractivity contribution in [3.05, 3.63) is 70.5 Å². The number of nitrogens with zero attached hydrogens (tertiary/aromatic N) is 1. The van der Waals surface area contributed by atoms with Crippen LogP contribution in [0.2, 0.25) is 0 Å². The van der Waals surface area contributed by atoms with Gasteiger partial charge in [0.1, 0.15) is 17.2 Å². The minimum absolute atomic E-state index is 0.745. The maximum absolute atomic E-state index is 5.68. The summed E-state index contributed by atoms with van der Waals surface area (Å²) in [6.45, 7) is 6.22. The molecule has 0 radical (unpaired) electrons. The van der Waals surface area contributed by atoms with E-state index in [0.717, 1.165) is 56.5 Å². The second kappa shape index (κ2) is 6.50. The number of aliphatic imine (C=N–C) groups is 1. The molecule has 138 valence electrons. The number of para-hydroxylation sites is 1. The number of aromatic nitrogens is 2. The Labute approximate surface area is 158 Å². The molecule has 1 aromatic carbocycles. The normalized spacial score (nSPS) is 15.7. The molecule has 5 heteroatoms. The molecule has 5 nitrogen and oxygen atoms in total. The Morgan fingerprint density at radius 1 is 1.04 bits per heavy atom. The molecule has 27 heavy (non-hydrogen) atoms. The first kappa shape index (κ1) is 17.2. The Balaban J connectivity index is 1.88. The first-order valence-corrected chi connectivity index (χ1v) is 8.90. The molecule has 0 saturated carbocycles. The van der Waals surface area contributed by atoms with Gasteiger partial charge in [0.2, 0.25) is 0 Å². The van der Waals surface area contributed by atoms with Crippen molar-refractivity contribution in [2.24, 2.45) is 4.99 Å². The van der Waals surface area contributed by atoms with Crippen LogP contribution in [0.3, 0.4) is 0 Å². The average molecular weight is 361 g/mol. The molecule has 3 heterocycles. The third-order valence-corrected chi connectivity index (χ3v) is 4.95. The molecule has 1 aliphatic heterocycles. The molecule has 1 aliphatic rings. The van der Waals surface area contributed by atoms with E-state index in [4.69, 9.17) is 14.5 Å². The summed E-state index contributed by atoms with van der Waals surface area (Å²) in [6.07, 6.45) is 1.96. The fraction of sp³-hybridized carbons (Fsp3) is 0.227. The molecular weight excluding hydrogens is 338 g/mol. The lowest BCUT2D eigenvalue weighted by molar-refractivity contribution is 0.302. The third-order valence-electron chi connectivity index (χ3n) is 4.95. The van der Waals surface area contributed by atoms with Crippen LogP contribution in [-0.4, -0.2) is 29.9 Å². The zero-order chi connectivity index (χ0) is 19.1. The standard InChI is InChI=1S/C22H23N3O2/c1-12-10-13(2)23-19(12)14(3)20-18(26-4)11-17(25-20)21-22(27-5)15-8-6-7-9-16(15)24-21/h6-11,23-24H,1-5H3/b20-14+. The number of fused-ring (bicyclic) bond motifs is 1. The predicted molar refractivity (Wildman–Crippen MR) is 109 cm³/mol. The Morgan fingerprint density at radius 3 is 2.48 bits per heavy atom. The van der Waals surface area contributed by atoms with E-state index in [-0.39, 0.29) is 0 Å². The van der Waals surface area contributed by atoms with E-state index >= 15 is 0 Å². The van der Waals surface area contributed by atoms with Crippen LogP contribution in [0, 0.1) is 13.8 Å². The zero-order valence-electron chi connectivity index (χ0n) is 16.2. The SMILES string of the molecule is COC1=CC(c2[nH]c3ccccc3c2OC)=N/C1=C(\C)c1[nH]c(C)cc1C. The lowest BCUT2D eigenvalue weighted by atomic mass is 10.1. The van der Waals surface area contributed by atoms with Gasteiger partial charge in [-0.25, -0.2) is 4.99 Å². The number of H-pyrrole nitrogens is 2. The van der Waals surface area contributed by atoms with E-state index in [1.165, 1.54) is 5.56 Å². The molecule has 2 aromatic heterocycles. The maximum atomic E-state index is 5.68. The van der Waals surface area contributed by atoms with Crippen LogP contribution >= 0.6 is 0 Å². The highest BCUT2D eigenvalue weighted by molar-refractivity contribution is 6.16. The highest BCUT2D eigenvalue weighted by atomic mass is 16.5. The first-order chi connectivity index (χ1) is 13.0. The van der Waals surface area contributed by atoms with Gasteiger partial charge < -0.3 is 19.4 Å². The molecule has 0 amide bonds. The Bertz CT molecular complexity index is 1130. The van der Waals surface area contributed by atoms with Gasteiger partial charge in [-0.15, -0.1) is 0 Å². The number of aromatic amines is 2. The fourth-order valence-corrected chi connectivity index (χ4v) is 3.70. The molecule has 4 rings (SSSR count). The van der Waals surface area contributed by atoms with Gasteiger partial charge >= 0.3 is 0 Å². The summed E-state index contributed by atoms with van der Waals surface area (Å²) in [5.41, 5.74) is 7.97. The quantitative estimate of drug-likeness (QED) is 0.695. The molecule has 2 N–H and O–H groups in total. The summed E-state index contributed by atoms with van der Waals surface area (Å²) >= 11 is 0. The van der Waals surface area contributed by atoms with E-state index < -0.39 is 0 Å². The van der Waals surface area contributed by atoms with Gasteiger partial charge in [-0.05, 0) is 44.5 Å². The maximum Gasteiger partial charge on any atom is 0.153 e. The molecule has 0 bridgehead atoms. The van der Waals surface area contributed by atoms with E-state index in [1.807, 2.05) is 30.3 Å². The number of nitrogens with one attached hydrogen (secondary N) is 2. The molecule has 0 unspecified atom stereocenters. The largest absolute Gasteiger partial charge is 0.494 e. The number of hydrogen-bond donors (Lipinski definition) is 2. The number of hydrogen-bond acceptors (Lipinski definition) is 3. The van der Waals surface area contributed by atoms with Gasteiger partial charge in [-0.3, -0.25) is 0 Å². The van der Waals surface area contributed by atoms with Crippen molar-refractivity contribution in [3.8, 4) is 5.75 Å². The highest BCUT2D eigenvalue weighted by Crippen LogP contribution is 2.36. The van der Waals surface area contributed by atoms with Crippen LogP contribution < -0.4 is 4.74 Å². The van der Waals surface area contributed by atoms with Crippen molar-refractivity contribution in [1.29, 1.82) is 0 Å². The minimum atomic E-state index is 0.745. The Kier molecular flexibility index (Phi) is 4.15. The average Bonchev–Trinajstić information content (AvgIpc) is 3.34. The van der Waals surface area contributed by atoms with Gasteiger partial charge in [-0.1, -0.05) is 12.1 Å². The summed E-state index contributed by atoms with van der Waals surface area (Å²) < 4.78 is 11.3. The van der Waals surface area contributed by atoms with Gasteiger partial charge in [-0.2, -0.15) is 0 Å². The fourth-order valence-electron chi connectivity index (χ4n) is 3.70. The summed E-state index contributed by atoms with van der Waals surface area (Å²) in [6, 6.07) is 10.2. The number of ether oxygens (including phenoxy) is 2. The second-order valence-corrected chi connectivity index (χ2v) is 6.77. The van der Waals surface area contributed by atoms with Gasteiger partial charge in [0.15, 0.2) is 5.75 Å². The van der Waals surface area contributed by atoms with Crippen LogP contribution in [0.1, 0.15) is 29.6 Å². The smallest absolute Gasteiger partial charge is 0.153 e. The van der Waals surface area contributed by atoms with Crippen LogP contribution in [0.5, 0.6) is 5.75 Å². The zero-order valence-corrected chi connectivity index (χ0v) is 16.2. The van der Waals surface area contributed by atoms with Crippen LogP contribution in [0.25, 0.3) is 16.5 Å². The molecular formula is C22H23N3O2. The molecule has 0 spiro atoms. The summed E-state index contributed by atoms with van der Waals surface area (Å²) in [5, 5.41) is 1.04. The van der Waals surface area contributed by atoms with Crippen LogP contribution in [0.15, 0.2) is 52.9 Å². The number of aryl methyl sites for hydroxylation is 2. The van der Waals surface area contributed by atoms with Crippen molar-refractivity contribution in [2.45, 2.75) is 20.8 Å². The van der Waals surface area contributed by atoms with E-state index in [9.17, 15) is 0 Å². The first-order valence-electron chi connectivity index (χ1n) is 8.90. The number of allylic oxidation sites excluding steroid dienone is 2. The van der Waals surface area contributed by atoms with Gasteiger partial charge in [0.25, 0.3) is 0 Å². The number of rotatable bonds is 4. The number of benzene rings is 1. The van der Waals surface area contributed by atoms with Gasteiger partial charge in [0, 0.05) is 33.9 Å². The van der Waals surface area contributed by atoms with Crippen molar-refractivity contribution in [1.82, 2.24) is 9.97 Å². The van der Waals surface area contributed by atoms with Crippen LogP contribution in [0.4, 0.5) is 0 Å². The predicted octanol–water partition coefficient (Wildman–Crippen LogP) is 4.89. The van der Waals surface area contributed by atoms with E-state index in [0.29, 0.717) is 0 Å². The van der Waals surface area contributed by atoms with Crippen molar-refractivity contribution < 1.29 is 9.47 Å². The van der Waals surface area contributed by atoms with E-state index in [1.54, 1.807) is 14.2 Å².